The Labute approximate surface area is 179 Å². The molecule has 0 bridgehead atoms. The highest BCUT2D eigenvalue weighted by Crippen LogP contribution is 2.44. The Hall–Kier alpha value is -3.61. The van der Waals surface area contributed by atoms with E-state index in [-0.39, 0.29) is 25.0 Å². The zero-order chi connectivity index (χ0) is 21.5. The summed E-state index contributed by atoms with van der Waals surface area (Å²) in [6.45, 7) is 0.656. The highest BCUT2D eigenvalue weighted by Gasteiger charge is 2.42. The van der Waals surface area contributed by atoms with E-state index in [1.807, 2.05) is 30.5 Å². The number of nitrogens with zero attached hydrogens (tertiary/aromatic N) is 3. The SMILES string of the molecule is Cn1cc([C@H]2CN(C(=O)OCC3c4ccccc4-c4ccccc43)C[C@@H]2C(=O)O)cn1. The molecule has 1 aliphatic carbocycles. The van der Waals surface area contributed by atoms with Crippen LogP contribution in [0.25, 0.3) is 11.1 Å². The van der Waals surface area contributed by atoms with E-state index in [2.05, 4.69) is 29.4 Å². The fourth-order valence-electron chi connectivity index (χ4n) is 4.86. The van der Waals surface area contributed by atoms with Crippen LogP contribution in [0.15, 0.2) is 60.9 Å². The van der Waals surface area contributed by atoms with Crippen LogP contribution in [-0.2, 0) is 16.6 Å². The summed E-state index contributed by atoms with van der Waals surface area (Å²) in [6.07, 6.45) is 3.00. The average Bonchev–Trinajstić information content (AvgIpc) is 3.47. The first kappa shape index (κ1) is 19.4. The molecule has 1 aliphatic heterocycles. The summed E-state index contributed by atoms with van der Waals surface area (Å²) in [5.74, 6) is -1.91. The summed E-state index contributed by atoms with van der Waals surface area (Å²) in [6, 6.07) is 16.3. The number of fused-ring (bicyclic) bond motifs is 3. The number of ether oxygens (including phenoxy) is 1. The lowest BCUT2D eigenvalue weighted by atomic mass is 9.91. The first-order valence-corrected chi connectivity index (χ1v) is 10.3. The number of aromatic nitrogens is 2. The quantitative estimate of drug-likeness (QED) is 0.703. The van der Waals surface area contributed by atoms with Crippen molar-refractivity contribution in [3.63, 3.8) is 0 Å². The standard InChI is InChI=1S/C24H23N3O4/c1-26-11-15(10-25-26)20-12-27(13-21(20)23(28)29)24(30)31-14-22-18-8-4-2-6-16(18)17-7-3-5-9-19(17)22/h2-11,20-22H,12-14H2,1H3,(H,28,29)/t20-,21+/m1/s1. The first-order chi connectivity index (χ1) is 15.0. The fourth-order valence-corrected chi connectivity index (χ4v) is 4.86. The number of amides is 1. The van der Waals surface area contributed by atoms with Crippen molar-refractivity contribution in [2.24, 2.45) is 13.0 Å². The number of hydrogen-bond acceptors (Lipinski definition) is 4. The molecule has 1 aromatic heterocycles. The maximum atomic E-state index is 12.9. The number of carbonyl (C=O) groups is 2. The van der Waals surface area contributed by atoms with E-state index in [4.69, 9.17) is 4.74 Å². The average molecular weight is 417 g/mol. The molecule has 5 rings (SSSR count). The number of rotatable bonds is 4. The maximum Gasteiger partial charge on any atom is 0.409 e. The minimum absolute atomic E-state index is 0.0247. The molecule has 2 aliphatic rings. The van der Waals surface area contributed by atoms with E-state index in [1.165, 1.54) is 16.0 Å². The van der Waals surface area contributed by atoms with Crippen LogP contribution in [0.2, 0.25) is 0 Å². The Morgan fingerprint density at radius 1 is 1.06 bits per heavy atom. The van der Waals surface area contributed by atoms with Crippen molar-refractivity contribution in [3.05, 3.63) is 77.6 Å². The number of carboxylic acid groups (broad SMARTS) is 1. The number of hydrogen-bond donors (Lipinski definition) is 1. The van der Waals surface area contributed by atoms with Gasteiger partial charge >= 0.3 is 12.1 Å². The number of carbonyl (C=O) groups excluding carboxylic acids is 1. The van der Waals surface area contributed by atoms with Gasteiger partial charge in [-0.2, -0.15) is 5.10 Å². The molecule has 1 N–H and O–H groups in total. The van der Waals surface area contributed by atoms with Gasteiger partial charge in [-0.3, -0.25) is 9.48 Å². The predicted octanol–water partition coefficient (Wildman–Crippen LogP) is 3.47. The lowest BCUT2D eigenvalue weighted by molar-refractivity contribution is -0.141. The van der Waals surface area contributed by atoms with Gasteiger partial charge in [-0.05, 0) is 27.8 Å². The molecule has 2 atom stereocenters. The third-order valence-corrected chi connectivity index (χ3v) is 6.38. The Bertz CT molecular complexity index is 1110. The summed E-state index contributed by atoms with van der Waals surface area (Å²) >= 11 is 0. The smallest absolute Gasteiger partial charge is 0.409 e. The third-order valence-electron chi connectivity index (χ3n) is 6.38. The van der Waals surface area contributed by atoms with Gasteiger partial charge in [0, 0.05) is 38.2 Å². The van der Waals surface area contributed by atoms with Crippen LogP contribution in [-0.4, -0.2) is 51.5 Å². The summed E-state index contributed by atoms with van der Waals surface area (Å²) in [5.41, 5.74) is 5.46. The van der Waals surface area contributed by atoms with Gasteiger partial charge in [0.15, 0.2) is 0 Å². The fraction of sp³-hybridized carbons (Fsp3) is 0.292. The monoisotopic (exact) mass is 417 g/mol. The lowest BCUT2D eigenvalue weighted by Gasteiger charge is -2.19. The zero-order valence-corrected chi connectivity index (χ0v) is 17.1. The summed E-state index contributed by atoms with van der Waals surface area (Å²) in [4.78, 5) is 26.2. The van der Waals surface area contributed by atoms with Gasteiger partial charge in [0.25, 0.3) is 0 Å². The Balaban J connectivity index is 1.32. The number of aryl methyl sites for hydroxylation is 1. The molecule has 0 spiro atoms. The Morgan fingerprint density at radius 3 is 2.29 bits per heavy atom. The van der Waals surface area contributed by atoms with Gasteiger partial charge in [0.05, 0.1) is 12.1 Å². The summed E-state index contributed by atoms with van der Waals surface area (Å²) in [5, 5.41) is 13.8. The van der Waals surface area contributed by atoms with Crippen LogP contribution in [0.3, 0.4) is 0 Å². The molecule has 0 saturated carbocycles. The molecule has 0 radical (unpaired) electrons. The van der Waals surface area contributed by atoms with E-state index in [0.717, 1.165) is 16.7 Å². The van der Waals surface area contributed by atoms with Crippen LogP contribution >= 0.6 is 0 Å². The van der Waals surface area contributed by atoms with Crippen molar-refractivity contribution in [1.29, 1.82) is 0 Å². The van der Waals surface area contributed by atoms with Crippen molar-refractivity contribution in [1.82, 2.24) is 14.7 Å². The summed E-state index contributed by atoms with van der Waals surface area (Å²) < 4.78 is 7.36. The van der Waals surface area contributed by atoms with Gasteiger partial charge in [0.2, 0.25) is 0 Å². The van der Waals surface area contributed by atoms with Gasteiger partial charge in [0.1, 0.15) is 6.61 Å². The molecule has 7 nitrogen and oxygen atoms in total. The van der Waals surface area contributed by atoms with Crippen molar-refractivity contribution < 1.29 is 19.4 Å². The predicted molar refractivity (Wildman–Crippen MR) is 114 cm³/mol. The molecule has 2 aromatic carbocycles. The van der Waals surface area contributed by atoms with Crippen LogP contribution in [0.4, 0.5) is 4.79 Å². The highest BCUT2D eigenvalue weighted by atomic mass is 16.6. The van der Waals surface area contributed by atoms with E-state index in [1.54, 1.807) is 17.9 Å². The van der Waals surface area contributed by atoms with E-state index < -0.39 is 18.0 Å². The molecule has 2 heterocycles. The number of carboxylic acids is 1. The minimum Gasteiger partial charge on any atom is -0.481 e. The largest absolute Gasteiger partial charge is 0.481 e. The molecule has 3 aromatic rings. The molecule has 7 heteroatoms. The maximum absolute atomic E-state index is 12.9. The van der Waals surface area contributed by atoms with Crippen LogP contribution in [0, 0.1) is 5.92 Å². The topological polar surface area (TPSA) is 84.7 Å². The molecule has 31 heavy (non-hydrogen) atoms. The Morgan fingerprint density at radius 2 is 1.71 bits per heavy atom. The molecule has 1 saturated heterocycles. The van der Waals surface area contributed by atoms with Crippen molar-refractivity contribution in [2.45, 2.75) is 11.8 Å². The number of likely N-dealkylation sites (tertiary alicyclic amines) is 1. The highest BCUT2D eigenvalue weighted by molar-refractivity contribution is 5.79. The first-order valence-electron chi connectivity index (χ1n) is 10.3. The normalized spacial score (nSPS) is 19.8. The van der Waals surface area contributed by atoms with Crippen molar-refractivity contribution in [3.8, 4) is 11.1 Å². The Kier molecular flexibility index (Phi) is 4.73. The molecule has 1 fully saturated rings. The van der Waals surface area contributed by atoms with Crippen LogP contribution in [0.1, 0.15) is 28.5 Å². The third kappa shape index (κ3) is 3.36. The zero-order valence-electron chi connectivity index (χ0n) is 17.1. The molecular weight excluding hydrogens is 394 g/mol. The number of aliphatic carboxylic acids is 1. The lowest BCUT2D eigenvalue weighted by Crippen LogP contribution is -2.31. The van der Waals surface area contributed by atoms with Gasteiger partial charge < -0.3 is 14.7 Å². The van der Waals surface area contributed by atoms with E-state index >= 15 is 0 Å². The second-order valence-electron chi connectivity index (χ2n) is 8.21. The number of benzene rings is 2. The second kappa shape index (κ2) is 7.58. The van der Waals surface area contributed by atoms with Gasteiger partial charge in [-0.1, -0.05) is 48.5 Å². The van der Waals surface area contributed by atoms with Gasteiger partial charge in [-0.15, -0.1) is 0 Å². The molecule has 158 valence electrons. The molecule has 0 unspecified atom stereocenters. The van der Waals surface area contributed by atoms with Gasteiger partial charge in [-0.25, -0.2) is 4.79 Å². The van der Waals surface area contributed by atoms with Crippen LogP contribution < -0.4 is 0 Å². The van der Waals surface area contributed by atoms with Crippen molar-refractivity contribution in [2.75, 3.05) is 19.7 Å². The second-order valence-corrected chi connectivity index (χ2v) is 8.21. The van der Waals surface area contributed by atoms with E-state index in [9.17, 15) is 14.7 Å². The minimum atomic E-state index is -0.914. The molecular formula is C24H23N3O4. The molecule has 1 amide bonds. The van der Waals surface area contributed by atoms with E-state index in [0.29, 0.717) is 6.54 Å². The summed E-state index contributed by atoms with van der Waals surface area (Å²) in [7, 11) is 1.79. The van der Waals surface area contributed by atoms with Crippen LogP contribution in [0.5, 0.6) is 0 Å². The van der Waals surface area contributed by atoms with Crippen molar-refractivity contribution >= 4 is 12.1 Å².